The normalized spacial score (nSPS) is 26.9. The summed E-state index contributed by atoms with van der Waals surface area (Å²) in [6.45, 7) is 7.49. The number of aromatic nitrogens is 2. The molecule has 20 heavy (non-hydrogen) atoms. The number of hydrogen-bond acceptors (Lipinski definition) is 2. The Kier molecular flexibility index (Phi) is 5.64. The Morgan fingerprint density at radius 1 is 1.30 bits per heavy atom. The molecule has 0 radical (unpaired) electrons. The molecule has 0 bridgehead atoms. The van der Waals surface area contributed by atoms with Crippen LogP contribution in [0.4, 0.5) is 0 Å². The van der Waals surface area contributed by atoms with Crippen molar-refractivity contribution in [1.29, 1.82) is 0 Å². The molecule has 0 aromatic carbocycles. The Bertz CT molecular complexity index is 413. The van der Waals surface area contributed by atoms with E-state index in [2.05, 4.69) is 36.6 Å². The van der Waals surface area contributed by atoms with Gasteiger partial charge in [0.25, 0.3) is 0 Å². The molecule has 114 valence electrons. The lowest BCUT2D eigenvalue weighted by Gasteiger charge is -2.33. The van der Waals surface area contributed by atoms with Crippen LogP contribution in [0.25, 0.3) is 0 Å². The summed E-state index contributed by atoms with van der Waals surface area (Å²) in [5.74, 6) is 1.24. The van der Waals surface area contributed by atoms with Gasteiger partial charge in [-0.05, 0) is 56.9 Å². The average molecular weight is 278 g/mol. The van der Waals surface area contributed by atoms with E-state index in [4.69, 9.17) is 0 Å². The number of hydrogen-bond donors (Lipinski definition) is 1. The highest BCUT2D eigenvalue weighted by atomic mass is 16.3. The SMILES string of the molecule is CCCC1CCC(O)C(Cc2cc(CC)nn2CC)C1. The first-order chi connectivity index (χ1) is 9.67. The topological polar surface area (TPSA) is 38.1 Å². The van der Waals surface area contributed by atoms with Crippen LogP contribution in [0.3, 0.4) is 0 Å². The summed E-state index contributed by atoms with van der Waals surface area (Å²) in [4.78, 5) is 0. The number of aliphatic hydroxyl groups is 1. The zero-order chi connectivity index (χ0) is 14.5. The molecule has 3 atom stereocenters. The van der Waals surface area contributed by atoms with Gasteiger partial charge in [-0.1, -0.05) is 26.7 Å². The molecule has 1 heterocycles. The van der Waals surface area contributed by atoms with Gasteiger partial charge in [0.2, 0.25) is 0 Å². The first-order valence-electron chi connectivity index (χ1n) is 8.41. The van der Waals surface area contributed by atoms with Crippen molar-refractivity contribution in [1.82, 2.24) is 9.78 Å². The summed E-state index contributed by atoms with van der Waals surface area (Å²) >= 11 is 0. The molecule has 1 aliphatic carbocycles. The molecule has 1 N–H and O–H groups in total. The predicted octanol–water partition coefficient (Wildman–Crippen LogP) is 3.59. The van der Waals surface area contributed by atoms with Gasteiger partial charge in [-0.15, -0.1) is 0 Å². The van der Waals surface area contributed by atoms with Gasteiger partial charge in [0.05, 0.1) is 11.8 Å². The Labute approximate surface area is 123 Å². The fourth-order valence-corrected chi connectivity index (χ4v) is 3.63. The maximum atomic E-state index is 10.3. The van der Waals surface area contributed by atoms with E-state index in [0.717, 1.165) is 31.7 Å². The molecular formula is C17H30N2O. The highest BCUT2D eigenvalue weighted by Gasteiger charge is 2.29. The fraction of sp³-hybridized carbons (Fsp3) is 0.824. The van der Waals surface area contributed by atoms with Gasteiger partial charge in [-0.2, -0.15) is 5.10 Å². The number of nitrogens with zero attached hydrogens (tertiary/aromatic N) is 2. The maximum Gasteiger partial charge on any atom is 0.0624 e. The lowest BCUT2D eigenvalue weighted by Crippen LogP contribution is -2.31. The van der Waals surface area contributed by atoms with Crippen LogP contribution in [-0.4, -0.2) is 21.0 Å². The fourth-order valence-electron chi connectivity index (χ4n) is 3.63. The highest BCUT2D eigenvalue weighted by molar-refractivity contribution is 5.12. The van der Waals surface area contributed by atoms with Crippen molar-refractivity contribution >= 4 is 0 Å². The first kappa shape index (κ1) is 15.6. The summed E-state index contributed by atoms with van der Waals surface area (Å²) in [5.41, 5.74) is 2.49. The standard InChI is InChI=1S/C17H30N2O/c1-4-7-13-8-9-17(20)14(10-13)11-16-12-15(5-2)18-19(16)6-3/h12-14,17,20H,4-11H2,1-3H3. The second-order valence-corrected chi connectivity index (χ2v) is 6.30. The molecule has 0 amide bonds. The van der Waals surface area contributed by atoms with Crippen molar-refractivity contribution in [3.05, 3.63) is 17.5 Å². The molecule has 3 unspecified atom stereocenters. The monoisotopic (exact) mass is 278 g/mol. The molecular weight excluding hydrogens is 248 g/mol. The molecule has 3 nitrogen and oxygen atoms in total. The molecule has 3 heteroatoms. The van der Waals surface area contributed by atoms with E-state index in [0.29, 0.717) is 5.92 Å². The Balaban J connectivity index is 2.05. The summed E-state index contributed by atoms with van der Waals surface area (Å²) in [5, 5.41) is 14.9. The molecule has 2 rings (SSSR count). The van der Waals surface area contributed by atoms with E-state index in [1.165, 1.54) is 37.1 Å². The van der Waals surface area contributed by atoms with Crippen molar-refractivity contribution in [3.8, 4) is 0 Å². The summed E-state index contributed by atoms with van der Waals surface area (Å²) < 4.78 is 2.12. The number of aryl methyl sites for hydroxylation is 2. The van der Waals surface area contributed by atoms with Crippen LogP contribution in [0.2, 0.25) is 0 Å². The van der Waals surface area contributed by atoms with Gasteiger partial charge in [-0.3, -0.25) is 4.68 Å². The highest BCUT2D eigenvalue weighted by Crippen LogP contribution is 2.34. The zero-order valence-corrected chi connectivity index (χ0v) is 13.3. The van der Waals surface area contributed by atoms with Crippen LogP contribution < -0.4 is 0 Å². The van der Waals surface area contributed by atoms with Gasteiger partial charge in [0.1, 0.15) is 0 Å². The third kappa shape index (κ3) is 3.63. The minimum atomic E-state index is -0.117. The molecule has 1 saturated carbocycles. The van der Waals surface area contributed by atoms with Crippen molar-refractivity contribution in [2.24, 2.45) is 11.8 Å². The lowest BCUT2D eigenvalue weighted by atomic mass is 9.76. The zero-order valence-electron chi connectivity index (χ0n) is 13.3. The molecule has 0 aliphatic heterocycles. The second kappa shape index (κ2) is 7.26. The molecule has 0 spiro atoms. The van der Waals surface area contributed by atoms with Crippen LogP contribution in [0.1, 0.15) is 64.3 Å². The predicted molar refractivity (Wildman–Crippen MR) is 82.7 cm³/mol. The third-order valence-electron chi connectivity index (χ3n) is 4.79. The quantitative estimate of drug-likeness (QED) is 0.863. The van der Waals surface area contributed by atoms with Crippen LogP contribution in [0, 0.1) is 11.8 Å². The second-order valence-electron chi connectivity index (χ2n) is 6.30. The van der Waals surface area contributed by atoms with Gasteiger partial charge in [-0.25, -0.2) is 0 Å². The van der Waals surface area contributed by atoms with Gasteiger partial charge < -0.3 is 5.11 Å². The average Bonchev–Trinajstić information content (AvgIpc) is 2.85. The Morgan fingerprint density at radius 3 is 2.75 bits per heavy atom. The lowest BCUT2D eigenvalue weighted by molar-refractivity contribution is 0.0453. The summed E-state index contributed by atoms with van der Waals surface area (Å²) in [6, 6.07) is 2.24. The summed E-state index contributed by atoms with van der Waals surface area (Å²) in [6.07, 6.45) is 7.82. The van der Waals surface area contributed by atoms with Crippen molar-refractivity contribution in [3.63, 3.8) is 0 Å². The molecule has 1 fully saturated rings. The number of aliphatic hydroxyl groups excluding tert-OH is 1. The Morgan fingerprint density at radius 2 is 2.10 bits per heavy atom. The van der Waals surface area contributed by atoms with Crippen LogP contribution in [0.15, 0.2) is 6.07 Å². The first-order valence-corrected chi connectivity index (χ1v) is 8.41. The van der Waals surface area contributed by atoms with E-state index in [1.807, 2.05) is 0 Å². The minimum Gasteiger partial charge on any atom is -0.393 e. The van der Waals surface area contributed by atoms with E-state index in [9.17, 15) is 5.11 Å². The minimum absolute atomic E-state index is 0.117. The van der Waals surface area contributed by atoms with E-state index in [-0.39, 0.29) is 6.10 Å². The van der Waals surface area contributed by atoms with Gasteiger partial charge in [0, 0.05) is 12.2 Å². The van der Waals surface area contributed by atoms with E-state index >= 15 is 0 Å². The Hall–Kier alpha value is -0.830. The van der Waals surface area contributed by atoms with Crippen LogP contribution in [-0.2, 0) is 19.4 Å². The largest absolute Gasteiger partial charge is 0.393 e. The van der Waals surface area contributed by atoms with Gasteiger partial charge >= 0.3 is 0 Å². The van der Waals surface area contributed by atoms with Crippen molar-refractivity contribution < 1.29 is 5.11 Å². The van der Waals surface area contributed by atoms with Crippen LogP contribution >= 0.6 is 0 Å². The molecule has 1 aromatic heterocycles. The van der Waals surface area contributed by atoms with Crippen molar-refractivity contribution in [2.75, 3.05) is 0 Å². The van der Waals surface area contributed by atoms with Gasteiger partial charge in [0.15, 0.2) is 0 Å². The van der Waals surface area contributed by atoms with E-state index < -0.39 is 0 Å². The van der Waals surface area contributed by atoms with Crippen LogP contribution in [0.5, 0.6) is 0 Å². The maximum absolute atomic E-state index is 10.3. The van der Waals surface area contributed by atoms with Crippen molar-refractivity contribution in [2.45, 2.75) is 78.4 Å². The van der Waals surface area contributed by atoms with E-state index in [1.54, 1.807) is 0 Å². The molecule has 0 saturated heterocycles. The molecule has 1 aliphatic rings. The molecule has 1 aromatic rings. The number of rotatable bonds is 6. The third-order valence-corrected chi connectivity index (χ3v) is 4.79. The smallest absolute Gasteiger partial charge is 0.0624 e. The summed E-state index contributed by atoms with van der Waals surface area (Å²) in [7, 11) is 0.